The number of para-hydroxylation sites is 1. The Morgan fingerprint density at radius 2 is 1.64 bits per heavy atom. The van der Waals surface area contributed by atoms with Gasteiger partial charge in [-0.25, -0.2) is 4.98 Å². The highest BCUT2D eigenvalue weighted by Crippen LogP contribution is 2.14. The molecular weight excluding hydrogens is 278 g/mol. The molecule has 5 heteroatoms. The van der Waals surface area contributed by atoms with Crippen LogP contribution in [-0.4, -0.2) is 21.2 Å². The van der Waals surface area contributed by atoms with E-state index in [2.05, 4.69) is 10.1 Å². The molecule has 1 aliphatic rings. The van der Waals surface area contributed by atoms with E-state index in [1.807, 2.05) is 24.3 Å². The van der Waals surface area contributed by atoms with E-state index in [-0.39, 0.29) is 17.8 Å². The number of benzene rings is 2. The first-order valence-electron chi connectivity index (χ1n) is 6.92. The Morgan fingerprint density at radius 3 is 2.45 bits per heavy atom. The van der Waals surface area contributed by atoms with Gasteiger partial charge < -0.3 is 0 Å². The summed E-state index contributed by atoms with van der Waals surface area (Å²) in [5.74, 6) is 0.252. The summed E-state index contributed by atoms with van der Waals surface area (Å²) in [4.78, 5) is 29.3. The van der Waals surface area contributed by atoms with E-state index in [0.717, 1.165) is 0 Å². The summed E-state index contributed by atoms with van der Waals surface area (Å²) in [5.41, 5.74) is 1.34. The lowest BCUT2D eigenvalue weighted by Gasteiger charge is -2.15. The number of hydrogen-bond donors (Lipinski definition) is 0. The van der Waals surface area contributed by atoms with Crippen LogP contribution in [0.3, 0.4) is 0 Å². The quantitative estimate of drug-likeness (QED) is 0.686. The first kappa shape index (κ1) is 12.6. The van der Waals surface area contributed by atoms with E-state index in [9.17, 15) is 9.59 Å². The molecule has 3 aromatic rings. The van der Waals surface area contributed by atoms with Crippen molar-refractivity contribution < 1.29 is 4.79 Å². The fraction of sp³-hybridized carbons (Fsp3) is 0.0588. The van der Waals surface area contributed by atoms with Gasteiger partial charge >= 0.3 is 0 Å². The Kier molecular flexibility index (Phi) is 2.72. The SMILES string of the molecule is O=C1Cc2nc3ccccc3c(=O)n2N=C1c1ccccc1. The number of carbonyl (C=O) groups excluding carboxylic acids is 1. The van der Waals surface area contributed by atoms with Crippen LogP contribution in [0.5, 0.6) is 0 Å². The van der Waals surface area contributed by atoms with Gasteiger partial charge in [0.25, 0.3) is 5.56 Å². The van der Waals surface area contributed by atoms with Crippen LogP contribution in [0.15, 0.2) is 64.5 Å². The van der Waals surface area contributed by atoms with Crippen LogP contribution < -0.4 is 5.56 Å². The molecule has 0 spiro atoms. The molecule has 0 aliphatic carbocycles. The molecular formula is C17H11N3O2. The third-order valence-electron chi connectivity index (χ3n) is 3.65. The number of hydrogen-bond acceptors (Lipinski definition) is 4. The van der Waals surface area contributed by atoms with Gasteiger partial charge in [0.15, 0.2) is 5.78 Å². The van der Waals surface area contributed by atoms with Gasteiger partial charge in [-0.05, 0) is 12.1 Å². The van der Waals surface area contributed by atoms with Gasteiger partial charge in [0.2, 0.25) is 0 Å². The summed E-state index contributed by atoms with van der Waals surface area (Å²) >= 11 is 0. The number of ketones is 1. The highest BCUT2D eigenvalue weighted by Gasteiger charge is 2.24. The smallest absolute Gasteiger partial charge is 0.282 e. The van der Waals surface area contributed by atoms with Crippen LogP contribution in [0.4, 0.5) is 0 Å². The first-order valence-corrected chi connectivity index (χ1v) is 6.92. The van der Waals surface area contributed by atoms with Gasteiger partial charge in [-0.2, -0.15) is 9.78 Å². The summed E-state index contributed by atoms with van der Waals surface area (Å²) in [7, 11) is 0. The van der Waals surface area contributed by atoms with Gasteiger partial charge in [-0.3, -0.25) is 9.59 Å². The highest BCUT2D eigenvalue weighted by molar-refractivity contribution is 6.46. The Hall–Kier alpha value is -3.08. The number of nitrogens with zero attached hydrogens (tertiary/aromatic N) is 3. The maximum Gasteiger partial charge on any atom is 0.282 e. The lowest BCUT2D eigenvalue weighted by molar-refractivity contribution is -0.112. The average Bonchev–Trinajstić information content (AvgIpc) is 2.55. The van der Waals surface area contributed by atoms with Gasteiger partial charge in [0.05, 0.1) is 17.3 Å². The molecule has 0 N–H and O–H groups in total. The zero-order valence-corrected chi connectivity index (χ0v) is 11.6. The molecule has 2 aromatic carbocycles. The molecule has 106 valence electrons. The zero-order valence-electron chi connectivity index (χ0n) is 11.6. The van der Waals surface area contributed by atoms with Crippen molar-refractivity contribution in [3.05, 3.63) is 76.3 Å². The molecule has 0 saturated heterocycles. The summed E-state index contributed by atoms with van der Waals surface area (Å²) in [6, 6.07) is 16.2. The molecule has 1 aromatic heterocycles. The van der Waals surface area contributed by atoms with E-state index < -0.39 is 0 Å². The lowest BCUT2D eigenvalue weighted by Crippen LogP contribution is -2.33. The third-order valence-corrected chi connectivity index (χ3v) is 3.65. The van der Waals surface area contributed by atoms with Gasteiger partial charge in [-0.15, -0.1) is 0 Å². The van der Waals surface area contributed by atoms with Crippen molar-refractivity contribution in [2.24, 2.45) is 5.10 Å². The maximum absolute atomic E-state index is 12.6. The zero-order chi connectivity index (χ0) is 15.1. The molecule has 0 saturated carbocycles. The maximum atomic E-state index is 12.6. The Bertz CT molecular complexity index is 988. The minimum atomic E-state index is -0.249. The molecule has 2 heterocycles. The summed E-state index contributed by atoms with van der Waals surface area (Å²) < 4.78 is 1.24. The van der Waals surface area contributed by atoms with Gasteiger partial charge in [-0.1, -0.05) is 42.5 Å². The molecule has 0 unspecified atom stereocenters. The predicted molar refractivity (Wildman–Crippen MR) is 83.1 cm³/mol. The lowest BCUT2D eigenvalue weighted by atomic mass is 10.0. The summed E-state index contributed by atoms with van der Waals surface area (Å²) in [6.07, 6.45) is 0.0772. The standard InChI is InChI=1S/C17H11N3O2/c21-14-10-15-18-13-9-5-4-8-12(13)17(22)20(15)19-16(14)11-6-2-1-3-7-11/h1-9H,10H2. The van der Waals surface area contributed by atoms with E-state index in [1.54, 1.807) is 30.3 Å². The largest absolute Gasteiger partial charge is 0.292 e. The molecule has 0 bridgehead atoms. The first-order chi connectivity index (χ1) is 10.7. The predicted octanol–water partition coefficient (Wildman–Crippen LogP) is 1.77. The molecule has 0 amide bonds. The van der Waals surface area contributed by atoms with Crippen LogP contribution in [0, 0.1) is 0 Å². The minimum Gasteiger partial charge on any atom is -0.292 e. The van der Waals surface area contributed by atoms with Crippen molar-refractivity contribution in [3.8, 4) is 0 Å². The number of aromatic nitrogens is 2. The Balaban J connectivity index is 2.00. The number of rotatable bonds is 1. The monoisotopic (exact) mass is 289 g/mol. The van der Waals surface area contributed by atoms with E-state index in [4.69, 9.17) is 0 Å². The highest BCUT2D eigenvalue weighted by atomic mass is 16.1. The van der Waals surface area contributed by atoms with Gasteiger partial charge in [0, 0.05) is 5.56 Å². The van der Waals surface area contributed by atoms with Crippen LogP contribution in [0.2, 0.25) is 0 Å². The molecule has 5 nitrogen and oxygen atoms in total. The van der Waals surface area contributed by atoms with Crippen LogP contribution in [0.25, 0.3) is 10.9 Å². The molecule has 22 heavy (non-hydrogen) atoms. The number of Topliss-reactive ketones (excluding diaryl/α,β-unsaturated/α-hetero) is 1. The fourth-order valence-corrected chi connectivity index (χ4v) is 2.59. The van der Waals surface area contributed by atoms with Crippen molar-refractivity contribution in [2.75, 3.05) is 0 Å². The van der Waals surface area contributed by atoms with Crippen molar-refractivity contribution in [2.45, 2.75) is 6.42 Å². The molecule has 1 aliphatic heterocycles. The second-order valence-corrected chi connectivity index (χ2v) is 5.08. The number of carbonyl (C=O) groups is 1. The second-order valence-electron chi connectivity index (χ2n) is 5.08. The number of fused-ring (bicyclic) bond motifs is 2. The third kappa shape index (κ3) is 1.87. The van der Waals surface area contributed by atoms with Crippen LogP contribution in [0.1, 0.15) is 11.4 Å². The van der Waals surface area contributed by atoms with E-state index in [0.29, 0.717) is 28.0 Å². The molecule has 4 rings (SSSR count). The summed E-state index contributed by atoms with van der Waals surface area (Å²) in [6.45, 7) is 0. The van der Waals surface area contributed by atoms with Crippen LogP contribution in [-0.2, 0) is 11.2 Å². The van der Waals surface area contributed by atoms with E-state index >= 15 is 0 Å². The molecule has 0 fully saturated rings. The van der Waals surface area contributed by atoms with Crippen molar-refractivity contribution >= 4 is 22.4 Å². The Morgan fingerprint density at radius 1 is 0.909 bits per heavy atom. The summed E-state index contributed by atoms with van der Waals surface area (Å²) in [5, 5.41) is 4.75. The van der Waals surface area contributed by atoms with Crippen LogP contribution >= 0.6 is 0 Å². The van der Waals surface area contributed by atoms with Crippen molar-refractivity contribution in [3.63, 3.8) is 0 Å². The normalized spacial score (nSPS) is 13.8. The topological polar surface area (TPSA) is 64.3 Å². The average molecular weight is 289 g/mol. The van der Waals surface area contributed by atoms with Crippen molar-refractivity contribution in [1.82, 2.24) is 9.66 Å². The molecule has 0 radical (unpaired) electrons. The fourth-order valence-electron chi connectivity index (χ4n) is 2.59. The minimum absolute atomic E-state index is 0.0772. The van der Waals surface area contributed by atoms with Crippen molar-refractivity contribution in [1.29, 1.82) is 0 Å². The molecule has 0 atom stereocenters. The van der Waals surface area contributed by atoms with Gasteiger partial charge in [0.1, 0.15) is 11.5 Å². The second kappa shape index (κ2) is 4.73. The van der Waals surface area contributed by atoms with E-state index in [1.165, 1.54) is 4.68 Å². The Labute approximate surface area is 125 Å².